The van der Waals surface area contributed by atoms with E-state index in [1.807, 2.05) is 37.4 Å². The average molecular weight is 290 g/mol. The molecule has 2 aromatic heterocycles. The number of pyridine rings is 1. The summed E-state index contributed by atoms with van der Waals surface area (Å²) in [4.78, 5) is 20.5. The lowest BCUT2D eigenvalue weighted by Gasteiger charge is -2.12. The van der Waals surface area contributed by atoms with Crippen molar-refractivity contribution in [2.24, 2.45) is 11.7 Å². The Balaban J connectivity index is 2.01. The number of aromatic nitrogens is 2. The van der Waals surface area contributed by atoms with Gasteiger partial charge >= 0.3 is 0 Å². The van der Waals surface area contributed by atoms with Crippen molar-refractivity contribution in [1.29, 1.82) is 0 Å². The lowest BCUT2D eigenvalue weighted by Crippen LogP contribution is -2.36. The van der Waals surface area contributed by atoms with Crippen LogP contribution in [0.4, 0.5) is 5.13 Å². The summed E-state index contributed by atoms with van der Waals surface area (Å²) in [6.07, 6.45) is 2.37. The van der Waals surface area contributed by atoms with Crippen molar-refractivity contribution in [3.8, 4) is 11.4 Å². The fourth-order valence-corrected chi connectivity index (χ4v) is 2.48. The van der Waals surface area contributed by atoms with Crippen LogP contribution in [0.25, 0.3) is 11.4 Å². The largest absolute Gasteiger partial charge is 0.320 e. The molecule has 2 aromatic rings. The minimum atomic E-state index is -0.503. The standard InChI is InChI=1S/C14H18N4OS/c1-9(2)7-10(15)13(19)18-14-17-12(8-20-14)11-5-3-4-6-16-11/h3-6,8-10H,7,15H2,1-2H3,(H,17,18,19)/t10-/m0/s1. The van der Waals surface area contributed by atoms with Crippen LogP contribution < -0.4 is 11.1 Å². The van der Waals surface area contributed by atoms with Crippen LogP contribution in [-0.2, 0) is 4.79 Å². The minimum Gasteiger partial charge on any atom is -0.320 e. The van der Waals surface area contributed by atoms with E-state index < -0.39 is 6.04 Å². The Hall–Kier alpha value is -1.79. The van der Waals surface area contributed by atoms with Crippen LogP contribution in [0.5, 0.6) is 0 Å². The summed E-state index contributed by atoms with van der Waals surface area (Å²) in [5.41, 5.74) is 7.38. The second-order valence-electron chi connectivity index (χ2n) is 4.98. The lowest BCUT2D eigenvalue weighted by molar-refractivity contribution is -0.117. The molecule has 20 heavy (non-hydrogen) atoms. The van der Waals surface area contributed by atoms with Gasteiger partial charge in [0.2, 0.25) is 5.91 Å². The van der Waals surface area contributed by atoms with E-state index in [1.54, 1.807) is 6.20 Å². The highest BCUT2D eigenvalue weighted by Gasteiger charge is 2.16. The summed E-state index contributed by atoms with van der Waals surface area (Å²) >= 11 is 1.37. The van der Waals surface area contributed by atoms with Crippen LogP contribution in [0.2, 0.25) is 0 Å². The van der Waals surface area contributed by atoms with Gasteiger partial charge in [0, 0.05) is 11.6 Å². The highest BCUT2D eigenvalue weighted by atomic mass is 32.1. The highest BCUT2D eigenvalue weighted by Crippen LogP contribution is 2.23. The maximum Gasteiger partial charge on any atom is 0.243 e. The summed E-state index contributed by atoms with van der Waals surface area (Å²) < 4.78 is 0. The van der Waals surface area contributed by atoms with E-state index in [2.05, 4.69) is 15.3 Å². The minimum absolute atomic E-state index is 0.194. The average Bonchev–Trinajstić information content (AvgIpc) is 2.87. The van der Waals surface area contributed by atoms with Crippen molar-refractivity contribution in [3.05, 3.63) is 29.8 Å². The van der Waals surface area contributed by atoms with E-state index in [9.17, 15) is 4.79 Å². The van der Waals surface area contributed by atoms with E-state index in [0.717, 1.165) is 11.4 Å². The predicted octanol–water partition coefficient (Wildman–Crippen LogP) is 2.52. The SMILES string of the molecule is CC(C)C[C@H](N)C(=O)Nc1nc(-c2ccccn2)cs1. The molecule has 1 amide bonds. The molecule has 0 saturated heterocycles. The number of carbonyl (C=O) groups excluding carboxylic acids is 1. The van der Waals surface area contributed by atoms with E-state index in [-0.39, 0.29) is 5.91 Å². The maximum absolute atomic E-state index is 11.9. The first-order chi connectivity index (χ1) is 9.56. The zero-order chi connectivity index (χ0) is 14.5. The molecule has 3 N–H and O–H groups in total. The van der Waals surface area contributed by atoms with Crippen molar-refractivity contribution in [1.82, 2.24) is 9.97 Å². The Morgan fingerprint density at radius 2 is 2.20 bits per heavy atom. The number of thiazole rings is 1. The number of nitrogens with two attached hydrogens (primary N) is 1. The molecule has 5 nitrogen and oxygen atoms in total. The maximum atomic E-state index is 11.9. The molecule has 0 spiro atoms. The van der Waals surface area contributed by atoms with Gasteiger partial charge in [-0.3, -0.25) is 9.78 Å². The third-order valence-corrected chi connectivity index (χ3v) is 3.48. The van der Waals surface area contributed by atoms with Gasteiger partial charge in [-0.05, 0) is 24.5 Å². The first-order valence-corrected chi connectivity index (χ1v) is 7.37. The Labute approximate surface area is 122 Å². The van der Waals surface area contributed by atoms with Gasteiger partial charge < -0.3 is 11.1 Å². The van der Waals surface area contributed by atoms with E-state index >= 15 is 0 Å². The Morgan fingerprint density at radius 3 is 2.85 bits per heavy atom. The van der Waals surface area contributed by atoms with Crippen molar-refractivity contribution >= 4 is 22.4 Å². The second-order valence-corrected chi connectivity index (χ2v) is 5.84. The summed E-state index contributed by atoms with van der Waals surface area (Å²) in [5.74, 6) is 0.191. The molecule has 0 unspecified atom stereocenters. The Kier molecular flexibility index (Phi) is 4.81. The van der Waals surface area contributed by atoms with Gasteiger partial charge in [-0.25, -0.2) is 4.98 Å². The van der Waals surface area contributed by atoms with Gasteiger partial charge in [-0.1, -0.05) is 19.9 Å². The molecule has 0 saturated carbocycles. The Bertz CT molecular complexity index is 568. The van der Waals surface area contributed by atoms with Gasteiger partial charge in [0.05, 0.1) is 11.7 Å². The second kappa shape index (κ2) is 6.58. The van der Waals surface area contributed by atoms with Gasteiger partial charge in [-0.2, -0.15) is 0 Å². The molecule has 2 heterocycles. The molecule has 2 rings (SSSR count). The van der Waals surface area contributed by atoms with Crippen LogP contribution in [0.15, 0.2) is 29.8 Å². The summed E-state index contributed by atoms with van der Waals surface area (Å²) in [7, 11) is 0. The molecular formula is C14H18N4OS. The number of rotatable bonds is 5. The number of amides is 1. The van der Waals surface area contributed by atoms with Crippen LogP contribution >= 0.6 is 11.3 Å². The van der Waals surface area contributed by atoms with Crippen LogP contribution in [0.1, 0.15) is 20.3 Å². The van der Waals surface area contributed by atoms with E-state index in [0.29, 0.717) is 17.5 Å². The summed E-state index contributed by atoms with van der Waals surface area (Å²) in [6.45, 7) is 4.07. The summed E-state index contributed by atoms with van der Waals surface area (Å²) in [5, 5.41) is 5.17. The van der Waals surface area contributed by atoms with Gasteiger partial charge in [0.25, 0.3) is 0 Å². The van der Waals surface area contributed by atoms with E-state index in [1.165, 1.54) is 11.3 Å². The third-order valence-electron chi connectivity index (χ3n) is 2.72. The molecule has 0 bridgehead atoms. The normalized spacial score (nSPS) is 12.4. The smallest absolute Gasteiger partial charge is 0.243 e. The van der Waals surface area contributed by atoms with Gasteiger partial charge in [0.15, 0.2) is 5.13 Å². The topological polar surface area (TPSA) is 80.9 Å². The van der Waals surface area contributed by atoms with Crippen molar-refractivity contribution < 1.29 is 4.79 Å². The molecule has 0 fully saturated rings. The molecular weight excluding hydrogens is 272 g/mol. The Morgan fingerprint density at radius 1 is 1.40 bits per heavy atom. The summed E-state index contributed by atoms with van der Waals surface area (Å²) in [6, 6.07) is 5.13. The molecule has 0 aliphatic carbocycles. The molecule has 0 aliphatic rings. The fourth-order valence-electron chi connectivity index (χ4n) is 1.78. The van der Waals surface area contributed by atoms with Gasteiger partial charge in [0.1, 0.15) is 5.69 Å². The third kappa shape index (κ3) is 3.85. The quantitative estimate of drug-likeness (QED) is 0.886. The van der Waals surface area contributed by atoms with Crippen LogP contribution in [0.3, 0.4) is 0 Å². The molecule has 0 radical (unpaired) electrons. The lowest BCUT2D eigenvalue weighted by atomic mass is 10.0. The fraction of sp³-hybridized carbons (Fsp3) is 0.357. The number of hydrogen-bond acceptors (Lipinski definition) is 5. The number of nitrogens with one attached hydrogen (secondary N) is 1. The van der Waals surface area contributed by atoms with Crippen LogP contribution in [-0.4, -0.2) is 21.9 Å². The van der Waals surface area contributed by atoms with Gasteiger partial charge in [-0.15, -0.1) is 11.3 Å². The molecule has 0 aromatic carbocycles. The van der Waals surface area contributed by atoms with Crippen molar-refractivity contribution in [3.63, 3.8) is 0 Å². The first-order valence-electron chi connectivity index (χ1n) is 6.49. The first kappa shape index (κ1) is 14.6. The highest BCUT2D eigenvalue weighted by molar-refractivity contribution is 7.14. The van der Waals surface area contributed by atoms with Crippen molar-refractivity contribution in [2.45, 2.75) is 26.3 Å². The molecule has 1 atom stereocenters. The zero-order valence-corrected chi connectivity index (χ0v) is 12.4. The monoisotopic (exact) mass is 290 g/mol. The number of carbonyl (C=O) groups is 1. The zero-order valence-electron chi connectivity index (χ0n) is 11.5. The number of nitrogens with zero attached hydrogens (tertiary/aromatic N) is 2. The number of anilines is 1. The van der Waals surface area contributed by atoms with E-state index in [4.69, 9.17) is 5.73 Å². The van der Waals surface area contributed by atoms with Crippen molar-refractivity contribution in [2.75, 3.05) is 5.32 Å². The molecule has 6 heteroatoms. The van der Waals surface area contributed by atoms with Crippen LogP contribution in [0, 0.1) is 5.92 Å². The molecule has 0 aliphatic heterocycles. The molecule has 106 valence electrons. The number of hydrogen-bond donors (Lipinski definition) is 2. The predicted molar refractivity (Wildman–Crippen MR) is 81.4 cm³/mol.